The van der Waals surface area contributed by atoms with Gasteiger partial charge in [0.15, 0.2) is 0 Å². The molecule has 0 radical (unpaired) electrons. The van der Waals surface area contributed by atoms with E-state index in [0.29, 0.717) is 0 Å². The minimum Gasteiger partial charge on any atom is -0.399 e. The van der Waals surface area contributed by atoms with Crippen LogP contribution < -0.4 is 11.1 Å². The lowest BCUT2D eigenvalue weighted by atomic mass is 9.87. The van der Waals surface area contributed by atoms with Gasteiger partial charge in [-0.25, -0.2) is 0 Å². The summed E-state index contributed by atoms with van der Waals surface area (Å²) in [7, 11) is 0. The second-order valence-electron chi connectivity index (χ2n) is 5.63. The van der Waals surface area contributed by atoms with E-state index >= 15 is 0 Å². The normalized spacial score (nSPS) is 19.4. The highest BCUT2D eigenvalue weighted by Gasteiger charge is 2.36. The fourth-order valence-corrected chi connectivity index (χ4v) is 2.62. The van der Waals surface area contributed by atoms with E-state index < -0.39 is 0 Å². The van der Waals surface area contributed by atoms with Gasteiger partial charge in [0.2, 0.25) is 5.91 Å². The maximum absolute atomic E-state index is 12.3. The number of carbonyl (C=O) groups is 1. The number of carbonyl (C=O) groups excluding carboxylic acids is 1. The minimum atomic E-state index is -0.165. The van der Waals surface area contributed by atoms with E-state index in [4.69, 9.17) is 5.73 Å². The van der Waals surface area contributed by atoms with Crippen molar-refractivity contribution in [3.8, 4) is 0 Å². The topological polar surface area (TPSA) is 55.1 Å². The lowest BCUT2D eigenvalue weighted by Gasteiger charge is -2.25. The first-order valence-corrected chi connectivity index (χ1v) is 6.68. The molecule has 1 atom stereocenters. The summed E-state index contributed by atoms with van der Waals surface area (Å²) in [5, 5.41) is 3.12. The van der Waals surface area contributed by atoms with E-state index in [-0.39, 0.29) is 17.4 Å². The van der Waals surface area contributed by atoms with Crippen LogP contribution in [0.1, 0.15) is 51.1 Å². The zero-order valence-electron chi connectivity index (χ0n) is 11.2. The van der Waals surface area contributed by atoms with Crippen LogP contribution in [0.2, 0.25) is 0 Å². The number of hydrogen-bond acceptors (Lipinski definition) is 2. The van der Waals surface area contributed by atoms with Gasteiger partial charge in [0.05, 0.1) is 6.04 Å². The smallest absolute Gasteiger partial charge is 0.226 e. The number of hydrogen-bond donors (Lipinski definition) is 2. The molecule has 1 aliphatic rings. The Hall–Kier alpha value is -1.51. The Bertz CT molecular complexity index is 419. The summed E-state index contributed by atoms with van der Waals surface area (Å²) in [6.07, 6.45) is 4.35. The van der Waals surface area contributed by atoms with E-state index in [0.717, 1.165) is 24.1 Å². The van der Waals surface area contributed by atoms with E-state index in [9.17, 15) is 4.79 Å². The van der Waals surface area contributed by atoms with Gasteiger partial charge in [0.1, 0.15) is 0 Å². The maximum atomic E-state index is 12.3. The number of amides is 1. The minimum absolute atomic E-state index is 0.0375. The quantitative estimate of drug-likeness (QED) is 0.805. The number of nitrogens with two attached hydrogens (primary N) is 1. The van der Waals surface area contributed by atoms with Crippen molar-refractivity contribution in [2.75, 3.05) is 5.73 Å². The Balaban J connectivity index is 2.00. The average molecular weight is 246 g/mol. The fraction of sp³-hybridized carbons (Fsp3) is 0.533. The zero-order chi connectivity index (χ0) is 13.2. The summed E-state index contributed by atoms with van der Waals surface area (Å²) >= 11 is 0. The van der Waals surface area contributed by atoms with Crippen molar-refractivity contribution in [1.82, 2.24) is 5.32 Å². The number of benzene rings is 1. The molecule has 98 valence electrons. The predicted octanol–water partition coefficient (Wildman–Crippen LogP) is 3.03. The molecule has 2 rings (SSSR count). The van der Waals surface area contributed by atoms with Crippen LogP contribution in [0.15, 0.2) is 24.3 Å². The predicted molar refractivity (Wildman–Crippen MR) is 74.0 cm³/mol. The third-order valence-electron chi connectivity index (χ3n) is 4.04. The molecule has 0 bridgehead atoms. The molecule has 3 nitrogen and oxygen atoms in total. The first-order chi connectivity index (χ1) is 8.51. The van der Waals surface area contributed by atoms with Gasteiger partial charge in [-0.05, 0) is 37.5 Å². The highest BCUT2D eigenvalue weighted by molar-refractivity contribution is 5.82. The summed E-state index contributed by atoms with van der Waals surface area (Å²) in [5.41, 5.74) is 7.34. The van der Waals surface area contributed by atoms with Crippen molar-refractivity contribution >= 4 is 11.6 Å². The Labute approximate surface area is 109 Å². The van der Waals surface area contributed by atoms with Gasteiger partial charge in [0, 0.05) is 11.1 Å². The van der Waals surface area contributed by atoms with Gasteiger partial charge in [0.25, 0.3) is 0 Å². The van der Waals surface area contributed by atoms with Crippen molar-refractivity contribution in [3.63, 3.8) is 0 Å². The molecule has 18 heavy (non-hydrogen) atoms. The zero-order valence-corrected chi connectivity index (χ0v) is 11.2. The standard InChI is InChI=1S/C15H22N2O/c1-11(12-5-7-13(16)8-6-12)17-14(18)15(2)9-3-4-10-15/h5-8,11H,3-4,9-10,16H2,1-2H3,(H,17,18). The van der Waals surface area contributed by atoms with Crippen molar-refractivity contribution in [2.45, 2.75) is 45.6 Å². The molecule has 1 unspecified atom stereocenters. The Morgan fingerprint density at radius 1 is 1.28 bits per heavy atom. The molecule has 1 saturated carbocycles. The van der Waals surface area contributed by atoms with Crippen LogP contribution >= 0.6 is 0 Å². The Morgan fingerprint density at radius 2 is 1.83 bits per heavy atom. The molecule has 0 saturated heterocycles. The van der Waals surface area contributed by atoms with Crippen LogP contribution in [0.4, 0.5) is 5.69 Å². The molecule has 0 spiro atoms. The van der Waals surface area contributed by atoms with Crippen LogP contribution in [0.5, 0.6) is 0 Å². The van der Waals surface area contributed by atoms with Gasteiger partial charge in [-0.1, -0.05) is 31.9 Å². The van der Waals surface area contributed by atoms with Gasteiger partial charge >= 0.3 is 0 Å². The van der Waals surface area contributed by atoms with E-state index in [2.05, 4.69) is 12.2 Å². The second-order valence-corrected chi connectivity index (χ2v) is 5.63. The van der Waals surface area contributed by atoms with Gasteiger partial charge in [-0.3, -0.25) is 4.79 Å². The summed E-state index contributed by atoms with van der Waals surface area (Å²) in [6, 6.07) is 7.72. The van der Waals surface area contributed by atoms with Crippen molar-refractivity contribution in [3.05, 3.63) is 29.8 Å². The molecule has 1 aliphatic carbocycles. The van der Waals surface area contributed by atoms with Crippen molar-refractivity contribution in [2.24, 2.45) is 5.41 Å². The lowest BCUT2D eigenvalue weighted by molar-refractivity contribution is -0.130. The summed E-state index contributed by atoms with van der Waals surface area (Å²) < 4.78 is 0. The largest absolute Gasteiger partial charge is 0.399 e. The molecule has 1 aromatic carbocycles. The highest BCUT2D eigenvalue weighted by Crippen LogP contribution is 2.38. The monoisotopic (exact) mass is 246 g/mol. The van der Waals surface area contributed by atoms with E-state index in [1.165, 1.54) is 12.8 Å². The molecular weight excluding hydrogens is 224 g/mol. The average Bonchev–Trinajstić information content (AvgIpc) is 2.78. The van der Waals surface area contributed by atoms with Crippen LogP contribution in [-0.4, -0.2) is 5.91 Å². The van der Waals surface area contributed by atoms with Crippen LogP contribution in [0.25, 0.3) is 0 Å². The van der Waals surface area contributed by atoms with Gasteiger partial charge < -0.3 is 11.1 Å². The molecular formula is C15H22N2O. The molecule has 0 heterocycles. The first-order valence-electron chi connectivity index (χ1n) is 6.68. The third kappa shape index (κ3) is 2.66. The lowest BCUT2D eigenvalue weighted by Crippen LogP contribution is -2.38. The third-order valence-corrected chi connectivity index (χ3v) is 4.04. The van der Waals surface area contributed by atoms with Gasteiger partial charge in [-0.2, -0.15) is 0 Å². The number of rotatable bonds is 3. The summed E-state index contributed by atoms with van der Waals surface area (Å²) in [4.78, 5) is 12.3. The van der Waals surface area contributed by atoms with E-state index in [1.807, 2.05) is 31.2 Å². The molecule has 1 aromatic rings. The van der Waals surface area contributed by atoms with Crippen LogP contribution in [0, 0.1) is 5.41 Å². The first kappa shape index (κ1) is 12.9. The SMILES string of the molecule is CC(NC(=O)C1(C)CCCC1)c1ccc(N)cc1. The second kappa shape index (κ2) is 5.01. The molecule has 0 aliphatic heterocycles. The molecule has 1 fully saturated rings. The maximum Gasteiger partial charge on any atom is 0.226 e. The van der Waals surface area contributed by atoms with Crippen LogP contribution in [0.3, 0.4) is 0 Å². The van der Waals surface area contributed by atoms with Crippen LogP contribution in [-0.2, 0) is 4.79 Å². The number of nitrogens with one attached hydrogen (secondary N) is 1. The molecule has 3 N–H and O–H groups in total. The van der Waals surface area contributed by atoms with Gasteiger partial charge in [-0.15, -0.1) is 0 Å². The molecule has 1 amide bonds. The molecule has 0 aromatic heterocycles. The number of nitrogen functional groups attached to an aromatic ring is 1. The molecule has 3 heteroatoms. The van der Waals surface area contributed by atoms with E-state index in [1.54, 1.807) is 0 Å². The summed E-state index contributed by atoms with van der Waals surface area (Å²) in [5.74, 6) is 0.185. The van der Waals surface area contributed by atoms with Crippen molar-refractivity contribution < 1.29 is 4.79 Å². The van der Waals surface area contributed by atoms with Crippen molar-refractivity contribution in [1.29, 1.82) is 0 Å². The fourth-order valence-electron chi connectivity index (χ4n) is 2.62. The number of anilines is 1. The Morgan fingerprint density at radius 3 is 2.39 bits per heavy atom. The Kier molecular flexibility index (Phi) is 3.60. The highest BCUT2D eigenvalue weighted by atomic mass is 16.2. The summed E-state index contributed by atoms with van der Waals surface area (Å²) in [6.45, 7) is 4.09.